The fourth-order valence-corrected chi connectivity index (χ4v) is 2.17. The molecule has 1 fully saturated rings. The molecule has 0 bridgehead atoms. The number of nitrogens with zero attached hydrogens (tertiary/aromatic N) is 2. The summed E-state index contributed by atoms with van der Waals surface area (Å²) in [6.07, 6.45) is 3.86. The lowest BCUT2D eigenvalue weighted by molar-refractivity contribution is 0.0855. The number of hydrogen-bond donors (Lipinski definition) is 1. The molecule has 1 aliphatic rings. The van der Waals surface area contributed by atoms with Crippen molar-refractivity contribution in [1.29, 1.82) is 0 Å². The molecule has 2 heterocycles. The van der Waals surface area contributed by atoms with Crippen molar-refractivity contribution < 1.29 is 4.74 Å². The van der Waals surface area contributed by atoms with Gasteiger partial charge in [0.1, 0.15) is 4.99 Å². The number of nitrogens with two attached hydrogens (primary N) is 1. The molecule has 0 spiro atoms. The van der Waals surface area contributed by atoms with E-state index in [1.807, 2.05) is 12.1 Å². The van der Waals surface area contributed by atoms with E-state index in [2.05, 4.69) is 16.9 Å². The van der Waals surface area contributed by atoms with E-state index in [1.54, 1.807) is 6.20 Å². The van der Waals surface area contributed by atoms with Crippen LogP contribution in [0.2, 0.25) is 0 Å². The SMILES string of the molecule is CN(c1ccnc(C(N)=S)c1)C1CCOCC1. The zero-order chi connectivity index (χ0) is 12.3. The highest BCUT2D eigenvalue weighted by Gasteiger charge is 2.19. The van der Waals surface area contributed by atoms with E-state index in [1.165, 1.54) is 0 Å². The minimum absolute atomic E-state index is 0.340. The lowest BCUT2D eigenvalue weighted by atomic mass is 10.1. The van der Waals surface area contributed by atoms with Gasteiger partial charge >= 0.3 is 0 Å². The number of thiocarbonyl (C=S) groups is 1. The van der Waals surface area contributed by atoms with E-state index in [0.717, 1.165) is 31.7 Å². The Kier molecular flexibility index (Phi) is 3.91. The Morgan fingerprint density at radius 3 is 2.88 bits per heavy atom. The van der Waals surface area contributed by atoms with Crippen LogP contribution in [0.3, 0.4) is 0 Å². The van der Waals surface area contributed by atoms with Crippen molar-refractivity contribution >= 4 is 22.9 Å². The van der Waals surface area contributed by atoms with Crippen LogP contribution in [0.15, 0.2) is 18.3 Å². The number of aromatic nitrogens is 1. The topological polar surface area (TPSA) is 51.4 Å². The first-order chi connectivity index (χ1) is 8.18. The van der Waals surface area contributed by atoms with Gasteiger partial charge in [-0.05, 0) is 25.0 Å². The number of rotatable bonds is 3. The summed E-state index contributed by atoms with van der Waals surface area (Å²) in [5.74, 6) is 0. The zero-order valence-electron chi connectivity index (χ0n) is 9.93. The van der Waals surface area contributed by atoms with Gasteiger partial charge in [-0.2, -0.15) is 0 Å². The van der Waals surface area contributed by atoms with Gasteiger partial charge in [0.15, 0.2) is 0 Å². The molecule has 2 rings (SSSR count). The fraction of sp³-hybridized carbons (Fsp3) is 0.500. The molecule has 92 valence electrons. The van der Waals surface area contributed by atoms with Crippen molar-refractivity contribution in [2.75, 3.05) is 25.2 Å². The maximum absolute atomic E-state index is 5.59. The standard InChI is InChI=1S/C12H17N3OS/c1-15(9-3-6-16-7-4-9)10-2-5-14-11(8-10)12(13)17/h2,5,8-9H,3-4,6-7H2,1H3,(H2,13,17). The average molecular weight is 251 g/mol. The minimum Gasteiger partial charge on any atom is -0.388 e. The summed E-state index contributed by atoms with van der Waals surface area (Å²) in [6.45, 7) is 1.67. The Balaban J connectivity index is 2.14. The van der Waals surface area contributed by atoms with E-state index < -0.39 is 0 Å². The van der Waals surface area contributed by atoms with Crippen LogP contribution < -0.4 is 10.6 Å². The maximum Gasteiger partial charge on any atom is 0.122 e. The smallest absolute Gasteiger partial charge is 0.122 e. The quantitative estimate of drug-likeness (QED) is 0.821. The molecule has 0 unspecified atom stereocenters. The van der Waals surface area contributed by atoms with Crippen molar-refractivity contribution in [2.24, 2.45) is 5.73 Å². The van der Waals surface area contributed by atoms with Gasteiger partial charge in [-0.25, -0.2) is 0 Å². The highest BCUT2D eigenvalue weighted by molar-refractivity contribution is 7.80. The lowest BCUT2D eigenvalue weighted by Gasteiger charge is -2.33. The van der Waals surface area contributed by atoms with Crippen LogP contribution in [0.1, 0.15) is 18.5 Å². The van der Waals surface area contributed by atoms with E-state index in [4.69, 9.17) is 22.7 Å². The van der Waals surface area contributed by atoms with Gasteiger partial charge in [-0.3, -0.25) is 4.98 Å². The predicted molar refractivity (Wildman–Crippen MR) is 72.4 cm³/mol. The van der Waals surface area contributed by atoms with E-state index in [-0.39, 0.29) is 0 Å². The third-order valence-electron chi connectivity index (χ3n) is 3.14. The third-order valence-corrected chi connectivity index (χ3v) is 3.35. The second-order valence-electron chi connectivity index (χ2n) is 4.22. The average Bonchev–Trinajstić information content (AvgIpc) is 2.39. The van der Waals surface area contributed by atoms with Crippen LogP contribution in [-0.4, -0.2) is 36.3 Å². The van der Waals surface area contributed by atoms with Gasteiger partial charge in [0.05, 0.1) is 5.69 Å². The second-order valence-corrected chi connectivity index (χ2v) is 4.66. The molecule has 1 saturated heterocycles. The van der Waals surface area contributed by atoms with Gasteiger partial charge in [0, 0.05) is 38.2 Å². The van der Waals surface area contributed by atoms with Gasteiger partial charge in [-0.1, -0.05) is 12.2 Å². The van der Waals surface area contributed by atoms with Crippen molar-refractivity contribution in [3.63, 3.8) is 0 Å². The Morgan fingerprint density at radius 2 is 2.24 bits per heavy atom. The van der Waals surface area contributed by atoms with Crippen molar-refractivity contribution in [3.8, 4) is 0 Å². The molecular formula is C12H17N3OS. The summed E-state index contributed by atoms with van der Waals surface area (Å²) in [5, 5.41) is 0. The highest BCUT2D eigenvalue weighted by Crippen LogP contribution is 2.21. The Labute approximate surface area is 107 Å². The number of hydrogen-bond acceptors (Lipinski definition) is 4. The first kappa shape index (κ1) is 12.3. The van der Waals surface area contributed by atoms with Crippen LogP contribution in [0.25, 0.3) is 0 Å². The summed E-state index contributed by atoms with van der Waals surface area (Å²) < 4.78 is 5.37. The van der Waals surface area contributed by atoms with Gasteiger partial charge in [0.25, 0.3) is 0 Å². The van der Waals surface area contributed by atoms with E-state index in [0.29, 0.717) is 16.7 Å². The normalized spacial score (nSPS) is 16.8. The van der Waals surface area contributed by atoms with Crippen LogP contribution in [0.5, 0.6) is 0 Å². The molecular weight excluding hydrogens is 234 g/mol. The zero-order valence-corrected chi connectivity index (χ0v) is 10.7. The van der Waals surface area contributed by atoms with Gasteiger partial charge in [-0.15, -0.1) is 0 Å². The highest BCUT2D eigenvalue weighted by atomic mass is 32.1. The Morgan fingerprint density at radius 1 is 1.53 bits per heavy atom. The molecule has 4 nitrogen and oxygen atoms in total. The molecule has 0 atom stereocenters. The molecule has 5 heteroatoms. The summed E-state index contributed by atoms with van der Waals surface area (Å²) in [7, 11) is 2.09. The first-order valence-electron chi connectivity index (χ1n) is 5.75. The van der Waals surface area contributed by atoms with Crippen LogP contribution >= 0.6 is 12.2 Å². The summed E-state index contributed by atoms with van der Waals surface area (Å²) in [5.41, 5.74) is 7.38. The summed E-state index contributed by atoms with van der Waals surface area (Å²) in [6, 6.07) is 4.44. The molecule has 1 aliphatic heterocycles. The number of ether oxygens (including phenoxy) is 1. The van der Waals surface area contributed by atoms with Gasteiger partial charge < -0.3 is 15.4 Å². The Hall–Kier alpha value is -1.20. The van der Waals surface area contributed by atoms with Crippen molar-refractivity contribution in [3.05, 3.63) is 24.0 Å². The molecule has 1 aromatic rings. The molecule has 0 aliphatic carbocycles. The Bertz CT molecular complexity index is 404. The van der Waals surface area contributed by atoms with E-state index in [9.17, 15) is 0 Å². The predicted octanol–water partition coefficient (Wildman–Crippen LogP) is 1.33. The maximum atomic E-state index is 5.59. The number of anilines is 1. The monoisotopic (exact) mass is 251 g/mol. The van der Waals surface area contributed by atoms with Crippen molar-refractivity contribution in [2.45, 2.75) is 18.9 Å². The number of pyridine rings is 1. The van der Waals surface area contributed by atoms with Crippen molar-refractivity contribution in [1.82, 2.24) is 4.98 Å². The fourth-order valence-electron chi connectivity index (χ4n) is 2.06. The third kappa shape index (κ3) is 2.92. The van der Waals surface area contributed by atoms with E-state index >= 15 is 0 Å². The van der Waals surface area contributed by atoms with Gasteiger partial charge in [0.2, 0.25) is 0 Å². The molecule has 1 aromatic heterocycles. The molecule has 0 radical (unpaired) electrons. The molecule has 0 saturated carbocycles. The molecule has 0 aromatic carbocycles. The van der Waals surface area contributed by atoms with Crippen LogP contribution in [0.4, 0.5) is 5.69 Å². The summed E-state index contributed by atoms with van der Waals surface area (Å²) in [4.78, 5) is 6.74. The molecule has 0 amide bonds. The summed E-state index contributed by atoms with van der Waals surface area (Å²) >= 11 is 4.94. The van der Waals surface area contributed by atoms with Crippen LogP contribution in [-0.2, 0) is 4.74 Å². The minimum atomic E-state index is 0.340. The molecule has 2 N–H and O–H groups in total. The first-order valence-corrected chi connectivity index (χ1v) is 6.16. The largest absolute Gasteiger partial charge is 0.388 e. The molecule has 17 heavy (non-hydrogen) atoms. The second kappa shape index (κ2) is 5.42. The van der Waals surface area contributed by atoms with Crippen LogP contribution in [0, 0.1) is 0 Å². The lowest BCUT2D eigenvalue weighted by Crippen LogP contribution is -2.36.